The Hall–Kier alpha value is -3.71. The van der Waals surface area contributed by atoms with Crippen molar-refractivity contribution in [3.8, 4) is 0 Å². The van der Waals surface area contributed by atoms with Gasteiger partial charge in [0.05, 0.1) is 6.54 Å². The maximum atomic E-state index is 13.4. The average molecular weight is 519 g/mol. The van der Waals surface area contributed by atoms with Crippen molar-refractivity contribution < 1.29 is 23.9 Å². The molecule has 2 aromatic carbocycles. The maximum Gasteiger partial charge on any atom is 0.408 e. The highest BCUT2D eigenvalue weighted by atomic mass is 16.6. The van der Waals surface area contributed by atoms with E-state index in [2.05, 4.69) is 10.6 Å². The van der Waals surface area contributed by atoms with Gasteiger partial charge in [-0.1, -0.05) is 92.7 Å². The quantitative estimate of drug-likeness (QED) is 0.324. The van der Waals surface area contributed by atoms with Crippen molar-refractivity contribution in [3.63, 3.8) is 0 Å². The second kappa shape index (κ2) is 15.5. The van der Waals surface area contributed by atoms with Gasteiger partial charge in [0.25, 0.3) is 0 Å². The molecule has 0 saturated heterocycles. The van der Waals surface area contributed by atoms with E-state index in [1.807, 2.05) is 68.5 Å². The number of ether oxygens (including phenoxy) is 2. The third-order valence-corrected chi connectivity index (χ3v) is 6.63. The third-order valence-electron chi connectivity index (χ3n) is 6.63. The molecule has 0 unspecified atom stereocenters. The number of carbonyl (C=O) groups excluding carboxylic acids is 3. The van der Waals surface area contributed by atoms with Crippen molar-refractivity contribution in [3.05, 3.63) is 95.6 Å². The van der Waals surface area contributed by atoms with E-state index in [1.165, 1.54) is 0 Å². The predicted molar refractivity (Wildman–Crippen MR) is 147 cm³/mol. The highest BCUT2D eigenvalue weighted by Crippen LogP contribution is 2.21. The summed E-state index contributed by atoms with van der Waals surface area (Å²) in [6.45, 7) is 4.68. The van der Waals surface area contributed by atoms with Crippen molar-refractivity contribution in [2.75, 3.05) is 13.1 Å². The van der Waals surface area contributed by atoms with Crippen molar-refractivity contribution >= 4 is 17.8 Å². The van der Waals surface area contributed by atoms with E-state index in [0.29, 0.717) is 17.7 Å². The summed E-state index contributed by atoms with van der Waals surface area (Å²) >= 11 is 0. The van der Waals surface area contributed by atoms with Gasteiger partial charge < -0.3 is 20.1 Å². The van der Waals surface area contributed by atoms with Crippen LogP contribution in [0.4, 0.5) is 4.79 Å². The van der Waals surface area contributed by atoms with Gasteiger partial charge >= 0.3 is 12.1 Å². The number of hydrogen-bond acceptors (Lipinski definition) is 6. The second-order valence-electron chi connectivity index (χ2n) is 9.29. The summed E-state index contributed by atoms with van der Waals surface area (Å²) in [5, 5.41) is 5.86. The van der Waals surface area contributed by atoms with Crippen LogP contribution in [0.1, 0.15) is 56.7 Å². The molecule has 0 saturated carbocycles. The molecule has 38 heavy (non-hydrogen) atoms. The number of rotatable bonds is 14. The van der Waals surface area contributed by atoms with E-state index in [0.717, 1.165) is 31.2 Å². The predicted octanol–water partition coefficient (Wildman–Crippen LogP) is 5.44. The van der Waals surface area contributed by atoms with Crippen LogP contribution < -0.4 is 10.6 Å². The molecule has 0 aromatic heterocycles. The number of nitrogens with one attached hydrogen (secondary N) is 2. The lowest BCUT2D eigenvalue weighted by Crippen LogP contribution is -2.42. The van der Waals surface area contributed by atoms with Gasteiger partial charge in [-0.2, -0.15) is 0 Å². The van der Waals surface area contributed by atoms with Crippen LogP contribution in [-0.2, 0) is 25.7 Å². The SMILES string of the molecule is CCC(CC)[C@H](CNCC(=O)C1=CCCC=C1)OC(=O)[C@H](NC(=O)OCc1ccccc1)c1ccccc1. The number of allylic oxidation sites excluding steroid dienone is 3. The molecule has 0 fully saturated rings. The van der Waals surface area contributed by atoms with Gasteiger partial charge in [-0.25, -0.2) is 9.59 Å². The lowest BCUT2D eigenvalue weighted by Gasteiger charge is -2.28. The molecule has 7 heteroatoms. The fourth-order valence-electron chi connectivity index (χ4n) is 4.39. The van der Waals surface area contributed by atoms with Crippen LogP contribution in [0.15, 0.2) is 84.5 Å². The van der Waals surface area contributed by atoms with Gasteiger partial charge in [0.2, 0.25) is 0 Å². The smallest absolute Gasteiger partial charge is 0.408 e. The molecule has 0 spiro atoms. The molecular weight excluding hydrogens is 480 g/mol. The topological polar surface area (TPSA) is 93.7 Å². The summed E-state index contributed by atoms with van der Waals surface area (Å²) in [7, 11) is 0. The minimum atomic E-state index is -1.03. The number of benzene rings is 2. The van der Waals surface area contributed by atoms with E-state index in [4.69, 9.17) is 9.47 Å². The van der Waals surface area contributed by atoms with Crippen molar-refractivity contribution in [1.29, 1.82) is 0 Å². The summed E-state index contributed by atoms with van der Waals surface area (Å²) in [6.07, 6.45) is 8.07. The number of ketones is 1. The monoisotopic (exact) mass is 518 g/mol. The van der Waals surface area contributed by atoms with E-state index in [9.17, 15) is 14.4 Å². The Bertz CT molecular complexity index is 1090. The normalized spacial score (nSPS) is 14.3. The lowest BCUT2D eigenvalue weighted by molar-refractivity contribution is -0.154. The molecule has 0 bridgehead atoms. The Morgan fingerprint density at radius 1 is 0.921 bits per heavy atom. The first-order valence-corrected chi connectivity index (χ1v) is 13.3. The molecule has 1 amide bonds. The molecule has 3 rings (SSSR count). The van der Waals surface area contributed by atoms with Crippen molar-refractivity contribution in [2.24, 2.45) is 5.92 Å². The number of Topliss-reactive ketones (excluding diaryl/α,β-unsaturated/α-hetero) is 1. The van der Waals surface area contributed by atoms with Gasteiger partial charge in [-0.3, -0.25) is 4.79 Å². The Balaban J connectivity index is 1.65. The summed E-state index contributed by atoms with van der Waals surface area (Å²) in [4.78, 5) is 38.6. The molecule has 0 radical (unpaired) electrons. The van der Waals surface area contributed by atoms with Crippen LogP contribution in [0.5, 0.6) is 0 Å². The first-order valence-electron chi connectivity index (χ1n) is 13.3. The van der Waals surface area contributed by atoms with Gasteiger partial charge in [-0.05, 0) is 42.7 Å². The molecule has 202 valence electrons. The largest absolute Gasteiger partial charge is 0.459 e. The summed E-state index contributed by atoms with van der Waals surface area (Å²) in [5.41, 5.74) is 2.15. The third kappa shape index (κ3) is 8.99. The fraction of sp³-hybridized carbons (Fsp3) is 0.387. The van der Waals surface area contributed by atoms with Crippen LogP contribution in [0.25, 0.3) is 0 Å². The van der Waals surface area contributed by atoms with Crippen molar-refractivity contribution in [1.82, 2.24) is 10.6 Å². The average Bonchev–Trinajstić information content (AvgIpc) is 2.96. The highest BCUT2D eigenvalue weighted by Gasteiger charge is 2.30. The maximum absolute atomic E-state index is 13.4. The van der Waals surface area contributed by atoms with Crippen LogP contribution in [0.2, 0.25) is 0 Å². The zero-order valence-electron chi connectivity index (χ0n) is 22.2. The second-order valence-corrected chi connectivity index (χ2v) is 9.29. The molecule has 0 heterocycles. The molecule has 2 N–H and O–H groups in total. The Morgan fingerprint density at radius 2 is 1.61 bits per heavy atom. The van der Waals surface area contributed by atoms with E-state index < -0.39 is 24.2 Å². The summed E-state index contributed by atoms with van der Waals surface area (Å²) < 4.78 is 11.3. The van der Waals surface area contributed by atoms with E-state index in [-0.39, 0.29) is 24.9 Å². The fourth-order valence-corrected chi connectivity index (χ4v) is 4.39. The minimum Gasteiger partial charge on any atom is -0.459 e. The highest BCUT2D eigenvalue weighted by molar-refractivity contribution is 5.99. The summed E-state index contributed by atoms with van der Waals surface area (Å²) in [5.74, 6) is -0.465. The lowest BCUT2D eigenvalue weighted by atomic mass is 9.96. The standard InChI is InChI=1S/C31H38N2O5/c1-3-24(4-2)28(21-32-20-27(34)25-16-10-6-11-17-25)38-30(35)29(26-18-12-7-13-19-26)33-31(36)37-22-23-14-8-5-9-15-23/h5,7-10,12-19,24,28-29,32H,3-4,6,11,20-22H2,1-2H3,(H,33,36)/t28-,29+/m0/s1. The molecule has 7 nitrogen and oxygen atoms in total. The van der Waals surface area contributed by atoms with Crippen LogP contribution in [0.3, 0.4) is 0 Å². The zero-order valence-corrected chi connectivity index (χ0v) is 22.2. The number of alkyl carbamates (subject to hydrolysis) is 1. The first kappa shape index (κ1) is 28.9. The van der Waals surface area contributed by atoms with Crippen LogP contribution >= 0.6 is 0 Å². The molecular formula is C31H38N2O5. The molecule has 0 aliphatic heterocycles. The van der Waals surface area contributed by atoms with Gasteiger partial charge in [0, 0.05) is 12.1 Å². The molecule has 1 aliphatic carbocycles. The van der Waals surface area contributed by atoms with Crippen LogP contribution in [0, 0.1) is 5.92 Å². The molecule has 1 aliphatic rings. The first-order chi connectivity index (χ1) is 18.5. The number of carbonyl (C=O) groups is 3. The Morgan fingerprint density at radius 3 is 2.24 bits per heavy atom. The molecule has 2 aromatic rings. The van der Waals surface area contributed by atoms with Gasteiger partial charge in [0.15, 0.2) is 11.8 Å². The van der Waals surface area contributed by atoms with E-state index >= 15 is 0 Å². The number of esters is 1. The minimum absolute atomic E-state index is 0.0144. The summed E-state index contributed by atoms with van der Waals surface area (Å²) in [6, 6.07) is 17.3. The van der Waals surface area contributed by atoms with Crippen molar-refractivity contribution in [2.45, 2.75) is 58.3 Å². The number of hydrogen-bond donors (Lipinski definition) is 2. The molecule has 2 atom stereocenters. The Kier molecular flexibility index (Phi) is 11.8. The zero-order chi connectivity index (χ0) is 27.2. The van der Waals surface area contributed by atoms with Crippen LogP contribution in [-0.4, -0.2) is 37.0 Å². The van der Waals surface area contributed by atoms with Gasteiger partial charge in [0.1, 0.15) is 12.7 Å². The van der Waals surface area contributed by atoms with E-state index in [1.54, 1.807) is 24.3 Å². The van der Waals surface area contributed by atoms with Gasteiger partial charge in [-0.15, -0.1) is 0 Å². The number of amides is 1. The Labute approximate surface area is 225 Å².